The van der Waals surface area contributed by atoms with Gasteiger partial charge in [-0.2, -0.15) is 0 Å². The van der Waals surface area contributed by atoms with E-state index in [4.69, 9.17) is 0 Å². The summed E-state index contributed by atoms with van der Waals surface area (Å²) < 4.78 is 2.41. The van der Waals surface area contributed by atoms with Crippen LogP contribution < -0.4 is 4.90 Å². The fraction of sp³-hybridized carbons (Fsp3) is 0.0690. The van der Waals surface area contributed by atoms with E-state index in [-0.39, 0.29) is 5.41 Å². The van der Waals surface area contributed by atoms with E-state index in [1.165, 1.54) is 77.4 Å². The van der Waals surface area contributed by atoms with E-state index in [1.807, 2.05) is 0 Å². The first-order valence-corrected chi connectivity index (χ1v) is 21.0. The first-order valence-electron chi connectivity index (χ1n) is 21.0. The van der Waals surface area contributed by atoms with Crippen molar-refractivity contribution in [2.45, 2.75) is 24.7 Å². The minimum atomic E-state index is -0.489. The minimum absolute atomic E-state index is 0.160. The quantitative estimate of drug-likeness (QED) is 0.169. The van der Waals surface area contributed by atoms with E-state index in [0.717, 1.165) is 22.7 Å². The van der Waals surface area contributed by atoms with Crippen molar-refractivity contribution in [2.24, 2.45) is 0 Å². The normalized spacial score (nSPS) is 14.1. The molecule has 10 aromatic rings. The van der Waals surface area contributed by atoms with Crippen molar-refractivity contribution < 1.29 is 0 Å². The Hall–Kier alpha value is -7.42. The highest BCUT2D eigenvalue weighted by Gasteiger charge is 2.53. The molecule has 0 atom stereocenters. The fourth-order valence-electron chi connectivity index (χ4n) is 10.8. The SMILES string of the molecule is CC1(C)c2ccccc2C2(c3ccccc3-c3ccc(N(c4ccc(-c5ccccc5)cc4)c4ccc5c6ccccc6n(-c6ccccc6)c5c4)cc32)c2ccccc21. The van der Waals surface area contributed by atoms with Gasteiger partial charge < -0.3 is 9.47 Å². The standard InChI is InChI=1S/C58H42N2/c1-57(2)50-24-12-14-26-52(50)58(53-27-15-13-25-51(53)57)49-23-11-9-21-45(49)46-35-33-43(37-54(46)58)59(42-31-29-40(30-32-42)39-17-5-3-6-18-39)44-34-36-48-47-22-10-16-28-55(47)60(56(48)38-44)41-19-7-4-8-20-41/h3-38H,1-2H3. The van der Waals surface area contributed by atoms with Crippen LogP contribution >= 0.6 is 0 Å². The monoisotopic (exact) mass is 766 g/mol. The Morgan fingerprint density at radius 3 is 1.57 bits per heavy atom. The van der Waals surface area contributed by atoms with Gasteiger partial charge in [0.2, 0.25) is 0 Å². The number of aromatic nitrogens is 1. The molecule has 1 spiro atoms. The van der Waals surface area contributed by atoms with Gasteiger partial charge in [0, 0.05) is 38.9 Å². The highest BCUT2D eigenvalue weighted by atomic mass is 15.1. The Labute approximate surface area is 351 Å². The van der Waals surface area contributed by atoms with Crippen LogP contribution in [0.4, 0.5) is 17.1 Å². The largest absolute Gasteiger partial charge is 0.310 e. The molecule has 60 heavy (non-hydrogen) atoms. The second-order valence-electron chi connectivity index (χ2n) is 16.9. The highest BCUT2D eigenvalue weighted by molar-refractivity contribution is 6.10. The van der Waals surface area contributed by atoms with Crippen molar-refractivity contribution in [1.29, 1.82) is 0 Å². The molecular weight excluding hydrogens is 725 g/mol. The topological polar surface area (TPSA) is 8.17 Å². The van der Waals surface area contributed by atoms with E-state index >= 15 is 0 Å². The van der Waals surface area contributed by atoms with Gasteiger partial charge >= 0.3 is 0 Å². The lowest BCUT2D eigenvalue weighted by Crippen LogP contribution is -2.40. The molecular formula is C58H42N2. The summed E-state index contributed by atoms with van der Waals surface area (Å²) in [4.78, 5) is 2.46. The van der Waals surface area contributed by atoms with Gasteiger partial charge in [0.25, 0.3) is 0 Å². The van der Waals surface area contributed by atoms with Crippen molar-refractivity contribution in [1.82, 2.24) is 4.57 Å². The number of hydrogen-bond donors (Lipinski definition) is 0. The third-order valence-corrected chi connectivity index (χ3v) is 13.5. The van der Waals surface area contributed by atoms with E-state index in [0.29, 0.717) is 0 Å². The van der Waals surface area contributed by atoms with Crippen molar-refractivity contribution in [3.05, 3.63) is 252 Å². The molecule has 0 aliphatic heterocycles. The number of para-hydroxylation sites is 2. The Kier molecular flexibility index (Phi) is 7.52. The van der Waals surface area contributed by atoms with E-state index in [9.17, 15) is 0 Å². The van der Waals surface area contributed by atoms with Crippen LogP contribution in [0.5, 0.6) is 0 Å². The van der Waals surface area contributed by atoms with Crippen molar-refractivity contribution in [3.8, 4) is 27.9 Å². The number of fused-ring (bicyclic) bond motifs is 12. The van der Waals surface area contributed by atoms with Crippen molar-refractivity contribution >= 4 is 38.9 Å². The Bertz CT molecular complexity index is 3230. The molecule has 0 saturated carbocycles. The van der Waals surface area contributed by atoms with Crippen LogP contribution in [0.2, 0.25) is 0 Å². The Balaban J connectivity index is 1.13. The van der Waals surface area contributed by atoms with Crippen LogP contribution in [0.15, 0.2) is 218 Å². The zero-order valence-corrected chi connectivity index (χ0v) is 33.7. The summed E-state index contributed by atoms with van der Waals surface area (Å²) in [5, 5.41) is 2.48. The van der Waals surface area contributed by atoms with E-state index in [2.05, 4.69) is 242 Å². The maximum absolute atomic E-state index is 2.50. The molecule has 0 amide bonds. The summed E-state index contributed by atoms with van der Waals surface area (Å²) in [5.41, 5.74) is 19.3. The van der Waals surface area contributed by atoms with E-state index in [1.54, 1.807) is 0 Å². The molecule has 1 aromatic heterocycles. The molecule has 9 aromatic carbocycles. The summed E-state index contributed by atoms with van der Waals surface area (Å²) in [6, 6.07) is 81.0. The second kappa shape index (κ2) is 13.0. The lowest BCUT2D eigenvalue weighted by molar-refractivity contribution is 0.563. The van der Waals surface area contributed by atoms with Crippen LogP contribution in [0.3, 0.4) is 0 Å². The summed E-state index contributed by atoms with van der Waals surface area (Å²) in [6.45, 7) is 4.78. The molecule has 2 aliphatic rings. The molecule has 1 heterocycles. The zero-order valence-electron chi connectivity index (χ0n) is 33.7. The number of nitrogens with zero attached hydrogens (tertiary/aromatic N) is 2. The summed E-state index contributed by atoms with van der Waals surface area (Å²) in [6.07, 6.45) is 0. The molecule has 2 aliphatic carbocycles. The predicted molar refractivity (Wildman–Crippen MR) is 250 cm³/mol. The molecule has 2 heteroatoms. The molecule has 0 fully saturated rings. The predicted octanol–water partition coefficient (Wildman–Crippen LogP) is 14.9. The van der Waals surface area contributed by atoms with Crippen LogP contribution in [0.25, 0.3) is 49.7 Å². The molecule has 12 rings (SSSR count). The van der Waals surface area contributed by atoms with Gasteiger partial charge in [-0.25, -0.2) is 0 Å². The Morgan fingerprint density at radius 1 is 0.350 bits per heavy atom. The molecule has 0 unspecified atom stereocenters. The third-order valence-electron chi connectivity index (χ3n) is 13.5. The molecule has 284 valence electrons. The second-order valence-corrected chi connectivity index (χ2v) is 16.9. The van der Waals surface area contributed by atoms with Crippen molar-refractivity contribution in [3.63, 3.8) is 0 Å². The van der Waals surface area contributed by atoms with Gasteiger partial charge in [0.1, 0.15) is 0 Å². The van der Waals surface area contributed by atoms with E-state index < -0.39 is 5.41 Å². The number of anilines is 3. The summed E-state index contributed by atoms with van der Waals surface area (Å²) in [7, 11) is 0. The summed E-state index contributed by atoms with van der Waals surface area (Å²) >= 11 is 0. The average molecular weight is 767 g/mol. The van der Waals surface area contributed by atoms with Crippen molar-refractivity contribution in [2.75, 3.05) is 4.90 Å². The van der Waals surface area contributed by atoms with Gasteiger partial charge in [-0.1, -0.05) is 178 Å². The first-order chi connectivity index (χ1) is 29.5. The molecule has 0 saturated heterocycles. The maximum atomic E-state index is 2.50. The lowest BCUT2D eigenvalue weighted by Gasteiger charge is -2.46. The van der Waals surface area contributed by atoms with Gasteiger partial charge in [-0.05, 0) is 110 Å². The van der Waals surface area contributed by atoms with Crippen LogP contribution in [0, 0.1) is 0 Å². The molecule has 0 radical (unpaired) electrons. The van der Waals surface area contributed by atoms with Crippen LogP contribution in [-0.4, -0.2) is 4.57 Å². The fourth-order valence-corrected chi connectivity index (χ4v) is 10.8. The average Bonchev–Trinajstić information content (AvgIpc) is 3.79. The summed E-state index contributed by atoms with van der Waals surface area (Å²) in [5.74, 6) is 0. The number of hydrogen-bond acceptors (Lipinski definition) is 1. The molecule has 0 bridgehead atoms. The van der Waals surface area contributed by atoms with Gasteiger partial charge in [0.05, 0.1) is 16.4 Å². The Morgan fingerprint density at radius 2 is 0.850 bits per heavy atom. The zero-order chi connectivity index (χ0) is 40.0. The smallest absolute Gasteiger partial charge is 0.0720 e. The van der Waals surface area contributed by atoms with Gasteiger partial charge in [-0.3, -0.25) is 0 Å². The number of benzene rings is 9. The number of rotatable bonds is 5. The van der Waals surface area contributed by atoms with Crippen LogP contribution in [-0.2, 0) is 10.8 Å². The maximum Gasteiger partial charge on any atom is 0.0720 e. The van der Waals surface area contributed by atoms with Gasteiger partial charge in [-0.15, -0.1) is 0 Å². The minimum Gasteiger partial charge on any atom is -0.310 e. The van der Waals surface area contributed by atoms with Crippen LogP contribution in [0.1, 0.15) is 47.2 Å². The first kappa shape index (κ1) is 34.6. The molecule has 2 nitrogen and oxygen atoms in total. The van der Waals surface area contributed by atoms with Gasteiger partial charge in [0.15, 0.2) is 0 Å². The highest BCUT2D eigenvalue weighted by Crippen LogP contribution is 2.62. The lowest BCUT2D eigenvalue weighted by atomic mass is 9.55. The molecule has 0 N–H and O–H groups in total. The third kappa shape index (κ3) is 4.82.